The Labute approximate surface area is 230 Å². The van der Waals surface area contributed by atoms with E-state index in [1.54, 1.807) is 30.5 Å². The fourth-order valence-electron chi connectivity index (χ4n) is 4.78. The fraction of sp³-hybridized carbons (Fsp3) is 0.346. The first-order valence-corrected chi connectivity index (χ1v) is 14.5. The molecule has 6 rings (SSSR count). The zero-order valence-corrected chi connectivity index (χ0v) is 23.0. The van der Waals surface area contributed by atoms with Crippen molar-refractivity contribution in [2.45, 2.75) is 24.8 Å². The molecule has 14 heteroatoms. The Bertz CT molecular complexity index is 1840. The summed E-state index contributed by atoms with van der Waals surface area (Å²) in [6.45, 7) is 4.76. The van der Waals surface area contributed by atoms with E-state index < -0.39 is 10.0 Å². The van der Waals surface area contributed by atoms with Gasteiger partial charge in [0.05, 0.1) is 29.3 Å². The van der Waals surface area contributed by atoms with Crippen LogP contribution in [0.5, 0.6) is 5.75 Å². The first-order chi connectivity index (χ1) is 19.4. The van der Waals surface area contributed by atoms with Crippen LogP contribution in [0.1, 0.15) is 19.0 Å². The minimum Gasteiger partial charge on any atom is -0.493 e. The Hall–Kier alpha value is -4.14. The van der Waals surface area contributed by atoms with Crippen LogP contribution in [0.3, 0.4) is 0 Å². The second kappa shape index (κ2) is 10.4. The summed E-state index contributed by atoms with van der Waals surface area (Å²) in [5, 5.41) is 8.06. The lowest BCUT2D eigenvalue weighted by Crippen LogP contribution is -2.47. The Kier molecular flexibility index (Phi) is 6.82. The molecule has 0 bridgehead atoms. The third kappa shape index (κ3) is 4.63. The summed E-state index contributed by atoms with van der Waals surface area (Å²) in [5.41, 5.74) is 1.92. The standard InChI is InChI=1S/C26H29N9O4S/c1-3-14-39-21-8-7-19(40(37,38)33-12-10-32(2)11-13-33)15-20(21)23-29-22-24(30-23)34(16-18-6-4-5-9-27-18)26(36)35-17-28-31-25(22)35/h4-9,15,17H,3,10-14,16H2,1-2H3,(H,29,30). The predicted octanol–water partition coefficient (Wildman–Crippen LogP) is 1.60. The van der Waals surface area contributed by atoms with Gasteiger partial charge >= 0.3 is 5.69 Å². The van der Waals surface area contributed by atoms with Crippen LogP contribution in [0.25, 0.3) is 28.2 Å². The van der Waals surface area contributed by atoms with E-state index in [0.29, 0.717) is 72.4 Å². The molecule has 1 aromatic carbocycles. The van der Waals surface area contributed by atoms with E-state index in [1.165, 1.54) is 19.6 Å². The maximum atomic E-state index is 13.6. The largest absolute Gasteiger partial charge is 0.493 e. The number of nitrogens with zero attached hydrogens (tertiary/aromatic N) is 8. The molecule has 1 N–H and O–H groups in total. The normalized spacial score (nSPS) is 15.2. The van der Waals surface area contributed by atoms with E-state index in [4.69, 9.17) is 9.72 Å². The number of hydrogen-bond donors (Lipinski definition) is 1. The van der Waals surface area contributed by atoms with Crippen molar-refractivity contribution in [3.63, 3.8) is 0 Å². The Balaban J connectivity index is 1.51. The van der Waals surface area contributed by atoms with Gasteiger partial charge < -0.3 is 14.6 Å². The molecule has 1 saturated heterocycles. The molecule has 40 heavy (non-hydrogen) atoms. The van der Waals surface area contributed by atoms with Crippen LogP contribution in [-0.4, -0.2) is 91.6 Å². The van der Waals surface area contributed by atoms with Gasteiger partial charge in [0.25, 0.3) is 0 Å². The van der Waals surface area contributed by atoms with Crippen molar-refractivity contribution in [3.05, 3.63) is 65.1 Å². The number of nitrogens with one attached hydrogen (secondary N) is 1. The minimum atomic E-state index is -3.75. The highest BCUT2D eigenvalue weighted by Crippen LogP contribution is 2.33. The minimum absolute atomic E-state index is 0.148. The summed E-state index contributed by atoms with van der Waals surface area (Å²) in [5.74, 6) is 0.830. The van der Waals surface area contributed by atoms with Crippen molar-refractivity contribution < 1.29 is 13.2 Å². The van der Waals surface area contributed by atoms with Crippen LogP contribution in [0, 0.1) is 0 Å². The van der Waals surface area contributed by atoms with E-state index in [0.717, 1.165) is 6.42 Å². The average molecular weight is 564 g/mol. The molecular formula is C26H29N9O4S. The highest BCUT2D eigenvalue weighted by molar-refractivity contribution is 7.89. The second-order valence-corrected chi connectivity index (χ2v) is 11.7. The monoisotopic (exact) mass is 563 g/mol. The van der Waals surface area contributed by atoms with Gasteiger partial charge in [0.2, 0.25) is 10.0 Å². The number of piperazine rings is 1. The Morgan fingerprint density at radius 1 is 1.07 bits per heavy atom. The highest BCUT2D eigenvalue weighted by Gasteiger charge is 2.29. The van der Waals surface area contributed by atoms with Crippen LogP contribution in [-0.2, 0) is 16.6 Å². The number of aromatic amines is 1. The number of benzene rings is 1. The maximum Gasteiger partial charge on any atom is 0.337 e. The van der Waals surface area contributed by atoms with Crippen LogP contribution in [0.15, 0.2) is 58.6 Å². The molecule has 0 atom stereocenters. The first-order valence-electron chi connectivity index (χ1n) is 13.0. The van der Waals surface area contributed by atoms with Gasteiger partial charge in [0, 0.05) is 32.4 Å². The molecule has 0 saturated carbocycles. The van der Waals surface area contributed by atoms with Crippen molar-refractivity contribution in [1.29, 1.82) is 0 Å². The van der Waals surface area contributed by atoms with Gasteiger partial charge in [-0.3, -0.25) is 9.55 Å². The van der Waals surface area contributed by atoms with Crippen LogP contribution >= 0.6 is 0 Å². The van der Waals surface area contributed by atoms with Crippen molar-refractivity contribution in [1.82, 2.24) is 43.3 Å². The molecule has 0 unspecified atom stereocenters. The lowest BCUT2D eigenvalue weighted by Gasteiger charge is -2.31. The second-order valence-electron chi connectivity index (χ2n) is 9.71. The number of hydrogen-bond acceptors (Lipinski definition) is 9. The van der Waals surface area contributed by atoms with Gasteiger partial charge in [-0.25, -0.2) is 22.6 Å². The Morgan fingerprint density at radius 3 is 2.65 bits per heavy atom. The summed E-state index contributed by atoms with van der Waals surface area (Å²) in [6, 6.07) is 10.3. The number of H-pyrrole nitrogens is 1. The van der Waals surface area contributed by atoms with E-state index in [1.807, 2.05) is 26.1 Å². The molecule has 208 valence electrons. The molecule has 13 nitrogen and oxygen atoms in total. The zero-order valence-electron chi connectivity index (χ0n) is 22.2. The van der Waals surface area contributed by atoms with Crippen molar-refractivity contribution in [3.8, 4) is 17.1 Å². The topological polar surface area (TPSA) is 144 Å². The van der Waals surface area contributed by atoms with Crippen LogP contribution in [0.4, 0.5) is 0 Å². The molecule has 5 heterocycles. The van der Waals surface area contributed by atoms with Gasteiger partial charge in [-0.15, -0.1) is 10.2 Å². The number of rotatable bonds is 8. The molecule has 0 spiro atoms. The lowest BCUT2D eigenvalue weighted by molar-refractivity contribution is 0.222. The summed E-state index contributed by atoms with van der Waals surface area (Å²) in [6.07, 6.45) is 3.78. The molecule has 4 aromatic heterocycles. The number of aromatic nitrogens is 7. The predicted molar refractivity (Wildman–Crippen MR) is 148 cm³/mol. The summed E-state index contributed by atoms with van der Waals surface area (Å²) < 4.78 is 37.5. The number of imidazole rings is 1. The SMILES string of the molecule is CCCOc1ccc(S(=O)(=O)N2CCN(C)CC2)cc1-c1nc2c([nH]1)c1nncn1c(=O)n2Cc1ccccn1. The molecule has 0 amide bonds. The fourth-order valence-corrected chi connectivity index (χ4v) is 6.22. The molecule has 1 aliphatic rings. The summed E-state index contributed by atoms with van der Waals surface area (Å²) in [7, 11) is -1.77. The number of pyridine rings is 1. The Morgan fingerprint density at radius 2 is 1.90 bits per heavy atom. The first kappa shape index (κ1) is 26.1. The number of sulfonamides is 1. The van der Waals surface area contributed by atoms with Crippen molar-refractivity contribution in [2.75, 3.05) is 39.8 Å². The van der Waals surface area contributed by atoms with Crippen molar-refractivity contribution in [2.24, 2.45) is 0 Å². The van der Waals surface area contributed by atoms with Gasteiger partial charge in [-0.2, -0.15) is 4.31 Å². The number of fused-ring (bicyclic) bond motifs is 3. The molecule has 5 aromatic rings. The number of likely N-dealkylation sites (N-methyl/N-ethyl adjacent to an activating group) is 1. The number of ether oxygens (including phenoxy) is 1. The molecule has 1 aliphatic heterocycles. The van der Waals surface area contributed by atoms with E-state index in [9.17, 15) is 13.2 Å². The zero-order chi connectivity index (χ0) is 27.9. The third-order valence-corrected chi connectivity index (χ3v) is 8.86. The average Bonchev–Trinajstić information content (AvgIpc) is 3.63. The summed E-state index contributed by atoms with van der Waals surface area (Å²) >= 11 is 0. The molecular weight excluding hydrogens is 534 g/mol. The molecule has 0 aliphatic carbocycles. The van der Waals surface area contributed by atoms with Crippen molar-refractivity contribution >= 4 is 26.8 Å². The smallest absolute Gasteiger partial charge is 0.337 e. The lowest BCUT2D eigenvalue weighted by atomic mass is 10.2. The van der Waals surface area contributed by atoms with E-state index >= 15 is 0 Å². The quantitative estimate of drug-likeness (QED) is 0.298. The van der Waals surface area contributed by atoms with Gasteiger partial charge in [-0.1, -0.05) is 13.0 Å². The third-order valence-electron chi connectivity index (χ3n) is 6.96. The maximum absolute atomic E-state index is 13.6. The van der Waals surface area contributed by atoms with Gasteiger partial charge in [0.1, 0.15) is 23.4 Å². The highest BCUT2D eigenvalue weighted by atomic mass is 32.2. The van der Waals surface area contributed by atoms with Gasteiger partial charge in [0.15, 0.2) is 11.3 Å². The van der Waals surface area contributed by atoms with E-state index in [2.05, 4.69) is 25.1 Å². The summed E-state index contributed by atoms with van der Waals surface area (Å²) in [4.78, 5) is 28.1. The van der Waals surface area contributed by atoms with E-state index in [-0.39, 0.29) is 17.1 Å². The molecule has 0 radical (unpaired) electrons. The molecule has 1 fully saturated rings. The van der Waals surface area contributed by atoms with Gasteiger partial charge in [-0.05, 0) is 43.8 Å². The van der Waals surface area contributed by atoms with Crippen LogP contribution in [0.2, 0.25) is 0 Å². The van der Waals surface area contributed by atoms with Crippen LogP contribution < -0.4 is 10.4 Å².